The van der Waals surface area contributed by atoms with Gasteiger partial charge in [-0.05, 0) is 57.7 Å². The molecule has 0 spiro atoms. The number of hydrogen-bond donors (Lipinski definition) is 2. The van der Waals surface area contributed by atoms with Gasteiger partial charge in [0.05, 0.1) is 6.54 Å². The molecule has 3 N–H and O–H groups in total. The molecule has 1 amide bonds. The van der Waals surface area contributed by atoms with Crippen LogP contribution in [0.4, 0.5) is 0 Å². The SMILES string of the molecule is Cc1cc(C(=O)NCCCN(C)C)ccc1C#CCN. The summed E-state index contributed by atoms with van der Waals surface area (Å²) in [5.41, 5.74) is 7.93. The Morgan fingerprint density at radius 1 is 1.40 bits per heavy atom. The smallest absolute Gasteiger partial charge is 0.251 e. The normalized spacial score (nSPS) is 10.1. The van der Waals surface area contributed by atoms with E-state index < -0.39 is 0 Å². The van der Waals surface area contributed by atoms with Gasteiger partial charge in [-0.2, -0.15) is 0 Å². The lowest BCUT2D eigenvalue weighted by molar-refractivity contribution is 0.0952. The van der Waals surface area contributed by atoms with E-state index in [1.807, 2.05) is 33.2 Å². The third-order valence-corrected chi connectivity index (χ3v) is 2.88. The Morgan fingerprint density at radius 3 is 2.75 bits per heavy atom. The molecule has 4 heteroatoms. The van der Waals surface area contributed by atoms with Gasteiger partial charge in [0.2, 0.25) is 0 Å². The average molecular weight is 273 g/mol. The van der Waals surface area contributed by atoms with Crippen molar-refractivity contribution in [3.8, 4) is 11.8 Å². The van der Waals surface area contributed by atoms with Crippen molar-refractivity contribution in [1.82, 2.24) is 10.2 Å². The number of carbonyl (C=O) groups is 1. The molecule has 0 atom stereocenters. The average Bonchev–Trinajstić information content (AvgIpc) is 2.41. The maximum atomic E-state index is 12.0. The summed E-state index contributed by atoms with van der Waals surface area (Å²) in [6, 6.07) is 5.53. The van der Waals surface area contributed by atoms with Crippen molar-refractivity contribution in [3.63, 3.8) is 0 Å². The van der Waals surface area contributed by atoms with Crippen molar-refractivity contribution in [2.45, 2.75) is 13.3 Å². The lowest BCUT2D eigenvalue weighted by Gasteiger charge is -2.10. The Hall–Kier alpha value is -1.83. The molecule has 4 nitrogen and oxygen atoms in total. The van der Waals surface area contributed by atoms with Crippen molar-refractivity contribution in [2.24, 2.45) is 5.73 Å². The molecule has 0 unspecified atom stereocenters. The zero-order chi connectivity index (χ0) is 15.0. The molecular weight excluding hydrogens is 250 g/mol. The minimum absolute atomic E-state index is 0.0369. The highest BCUT2D eigenvalue weighted by Crippen LogP contribution is 2.10. The molecule has 0 heterocycles. The Balaban J connectivity index is 2.59. The lowest BCUT2D eigenvalue weighted by Crippen LogP contribution is -2.27. The van der Waals surface area contributed by atoms with E-state index in [9.17, 15) is 4.79 Å². The molecule has 0 radical (unpaired) electrons. The van der Waals surface area contributed by atoms with E-state index in [2.05, 4.69) is 22.1 Å². The first-order valence-corrected chi connectivity index (χ1v) is 6.77. The third kappa shape index (κ3) is 5.43. The Labute approximate surface area is 121 Å². The number of rotatable bonds is 5. The first-order chi connectivity index (χ1) is 9.54. The highest BCUT2D eigenvalue weighted by molar-refractivity contribution is 5.94. The number of nitrogens with one attached hydrogen (secondary N) is 1. The summed E-state index contributed by atoms with van der Waals surface area (Å²) in [6.07, 6.45) is 0.942. The molecule has 1 aromatic rings. The van der Waals surface area contributed by atoms with Crippen LogP contribution in [0.3, 0.4) is 0 Å². The van der Waals surface area contributed by atoms with Crippen LogP contribution >= 0.6 is 0 Å². The van der Waals surface area contributed by atoms with Crippen LogP contribution in [0.5, 0.6) is 0 Å². The number of nitrogens with zero attached hydrogens (tertiary/aromatic N) is 1. The van der Waals surface area contributed by atoms with Crippen molar-refractivity contribution in [3.05, 3.63) is 34.9 Å². The van der Waals surface area contributed by atoms with E-state index in [4.69, 9.17) is 5.73 Å². The quantitative estimate of drug-likeness (QED) is 0.621. The number of carbonyl (C=O) groups excluding carboxylic acids is 1. The van der Waals surface area contributed by atoms with Crippen molar-refractivity contribution in [2.75, 3.05) is 33.7 Å². The van der Waals surface area contributed by atoms with E-state index >= 15 is 0 Å². The van der Waals surface area contributed by atoms with E-state index in [1.54, 1.807) is 6.07 Å². The standard InChI is InChI=1S/C16H23N3O/c1-13-12-15(8-7-14(13)6-4-9-17)16(20)18-10-5-11-19(2)3/h7-8,12H,5,9-11,17H2,1-3H3,(H,18,20). The summed E-state index contributed by atoms with van der Waals surface area (Å²) in [4.78, 5) is 14.1. The number of aryl methyl sites for hydroxylation is 1. The minimum Gasteiger partial charge on any atom is -0.352 e. The Bertz CT molecular complexity index is 512. The summed E-state index contributed by atoms with van der Waals surface area (Å²) in [6.45, 7) is 3.94. The second-order valence-electron chi connectivity index (χ2n) is 4.95. The molecule has 0 aromatic heterocycles. The number of benzene rings is 1. The second kappa shape index (κ2) is 8.36. The summed E-state index contributed by atoms with van der Waals surface area (Å²) in [7, 11) is 4.04. The largest absolute Gasteiger partial charge is 0.352 e. The molecular formula is C16H23N3O. The van der Waals surface area contributed by atoms with Crippen LogP contribution in [0.15, 0.2) is 18.2 Å². The second-order valence-corrected chi connectivity index (χ2v) is 4.95. The van der Waals surface area contributed by atoms with Crippen LogP contribution in [-0.2, 0) is 0 Å². The molecule has 0 bridgehead atoms. The number of hydrogen-bond acceptors (Lipinski definition) is 3. The summed E-state index contributed by atoms with van der Waals surface area (Å²) >= 11 is 0. The van der Waals surface area contributed by atoms with Crippen LogP contribution in [0.25, 0.3) is 0 Å². The van der Waals surface area contributed by atoms with Crippen LogP contribution in [-0.4, -0.2) is 44.5 Å². The van der Waals surface area contributed by atoms with Gasteiger partial charge < -0.3 is 16.0 Å². The Kier molecular flexibility index (Phi) is 6.78. The molecule has 0 fully saturated rings. The first-order valence-electron chi connectivity index (χ1n) is 6.77. The van der Waals surface area contributed by atoms with Gasteiger partial charge in [0.25, 0.3) is 5.91 Å². The van der Waals surface area contributed by atoms with Gasteiger partial charge in [0.1, 0.15) is 0 Å². The predicted molar refractivity (Wildman–Crippen MR) is 82.6 cm³/mol. The lowest BCUT2D eigenvalue weighted by atomic mass is 10.0. The van der Waals surface area contributed by atoms with E-state index in [0.717, 1.165) is 24.1 Å². The van der Waals surface area contributed by atoms with Gasteiger partial charge >= 0.3 is 0 Å². The molecule has 0 saturated heterocycles. The zero-order valence-corrected chi connectivity index (χ0v) is 12.5. The highest BCUT2D eigenvalue weighted by Gasteiger charge is 2.06. The predicted octanol–water partition coefficient (Wildman–Crippen LogP) is 0.987. The fraction of sp³-hybridized carbons (Fsp3) is 0.438. The fourth-order valence-electron chi connectivity index (χ4n) is 1.79. The molecule has 0 saturated carbocycles. The van der Waals surface area contributed by atoms with Gasteiger partial charge in [-0.15, -0.1) is 0 Å². The molecule has 0 aliphatic rings. The maximum absolute atomic E-state index is 12.0. The zero-order valence-electron chi connectivity index (χ0n) is 12.5. The van der Waals surface area contributed by atoms with Gasteiger partial charge in [-0.25, -0.2) is 0 Å². The first kappa shape index (κ1) is 16.2. The molecule has 1 aromatic carbocycles. The van der Waals surface area contributed by atoms with Crippen LogP contribution < -0.4 is 11.1 Å². The third-order valence-electron chi connectivity index (χ3n) is 2.88. The molecule has 1 rings (SSSR count). The number of amides is 1. The van der Waals surface area contributed by atoms with Gasteiger partial charge in [-0.1, -0.05) is 11.8 Å². The minimum atomic E-state index is -0.0369. The van der Waals surface area contributed by atoms with E-state index in [0.29, 0.717) is 18.7 Å². The van der Waals surface area contributed by atoms with Crippen LogP contribution in [0.1, 0.15) is 27.9 Å². The highest BCUT2D eigenvalue weighted by atomic mass is 16.1. The topological polar surface area (TPSA) is 58.4 Å². The van der Waals surface area contributed by atoms with Crippen LogP contribution in [0.2, 0.25) is 0 Å². The maximum Gasteiger partial charge on any atom is 0.251 e. The summed E-state index contributed by atoms with van der Waals surface area (Å²) in [5, 5.41) is 2.92. The molecule has 0 aliphatic heterocycles. The van der Waals surface area contributed by atoms with Crippen LogP contribution in [0, 0.1) is 18.8 Å². The van der Waals surface area contributed by atoms with Crippen molar-refractivity contribution < 1.29 is 4.79 Å². The summed E-state index contributed by atoms with van der Waals surface area (Å²) in [5.74, 6) is 5.77. The molecule has 20 heavy (non-hydrogen) atoms. The molecule has 108 valence electrons. The molecule has 0 aliphatic carbocycles. The van der Waals surface area contributed by atoms with E-state index in [-0.39, 0.29) is 5.91 Å². The number of nitrogens with two attached hydrogens (primary N) is 1. The Morgan fingerprint density at radius 2 is 2.15 bits per heavy atom. The van der Waals surface area contributed by atoms with Gasteiger partial charge in [0, 0.05) is 17.7 Å². The van der Waals surface area contributed by atoms with Gasteiger partial charge in [0.15, 0.2) is 0 Å². The fourth-order valence-corrected chi connectivity index (χ4v) is 1.79. The van der Waals surface area contributed by atoms with E-state index in [1.165, 1.54) is 0 Å². The van der Waals surface area contributed by atoms with Gasteiger partial charge in [-0.3, -0.25) is 4.79 Å². The monoisotopic (exact) mass is 273 g/mol. The van der Waals surface area contributed by atoms with Crippen molar-refractivity contribution in [1.29, 1.82) is 0 Å². The van der Waals surface area contributed by atoms with Crippen molar-refractivity contribution >= 4 is 5.91 Å². The summed E-state index contributed by atoms with van der Waals surface area (Å²) < 4.78 is 0.